The van der Waals surface area contributed by atoms with Gasteiger partial charge in [0.2, 0.25) is 0 Å². The summed E-state index contributed by atoms with van der Waals surface area (Å²) in [7, 11) is -2.79. The summed E-state index contributed by atoms with van der Waals surface area (Å²) in [6, 6.07) is 0.233. The first-order chi connectivity index (χ1) is 7.70. The second-order valence-electron chi connectivity index (χ2n) is 5.90. The van der Waals surface area contributed by atoms with Crippen LogP contribution in [0.4, 0.5) is 0 Å². The molecule has 0 saturated carbocycles. The maximum absolute atomic E-state index is 11.3. The van der Waals surface area contributed by atoms with Gasteiger partial charge in [0.25, 0.3) is 0 Å². The van der Waals surface area contributed by atoms with E-state index in [0.717, 1.165) is 6.42 Å². The highest BCUT2D eigenvalue weighted by Gasteiger charge is 2.27. The minimum Gasteiger partial charge on any atom is -0.389 e. The Morgan fingerprint density at radius 1 is 1.35 bits per heavy atom. The SMILES string of the molecule is CC(C)CC(C)(O)CNC1CCS(=O)(=O)CC1. The Labute approximate surface area is 105 Å². The summed E-state index contributed by atoms with van der Waals surface area (Å²) in [6.45, 7) is 6.54. The van der Waals surface area contributed by atoms with Crippen molar-refractivity contribution >= 4 is 9.84 Å². The van der Waals surface area contributed by atoms with Crippen LogP contribution in [-0.4, -0.2) is 43.2 Å². The molecule has 1 atom stereocenters. The number of rotatable bonds is 5. The normalized spacial score (nSPS) is 24.8. The Morgan fingerprint density at radius 2 is 1.88 bits per heavy atom. The molecule has 0 aromatic heterocycles. The van der Waals surface area contributed by atoms with Crippen LogP contribution < -0.4 is 5.32 Å². The molecule has 17 heavy (non-hydrogen) atoms. The van der Waals surface area contributed by atoms with Gasteiger partial charge in [-0.2, -0.15) is 0 Å². The third-order valence-electron chi connectivity index (χ3n) is 3.17. The van der Waals surface area contributed by atoms with Crippen molar-refractivity contribution < 1.29 is 13.5 Å². The zero-order valence-electron chi connectivity index (χ0n) is 11.1. The predicted molar refractivity (Wildman–Crippen MR) is 69.8 cm³/mol. The van der Waals surface area contributed by atoms with Crippen LogP contribution >= 0.6 is 0 Å². The molecular weight excluding hydrogens is 238 g/mol. The maximum Gasteiger partial charge on any atom is 0.150 e. The molecule has 1 unspecified atom stereocenters. The van der Waals surface area contributed by atoms with Crippen molar-refractivity contribution in [3.05, 3.63) is 0 Å². The molecule has 0 aliphatic carbocycles. The second kappa shape index (κ2) is 5.67. The van der Waals surface area contributed by atoms with Gasteiger partial charge in [-0.15, -0.1) is 0 Å². The van der Waals surface area contributed by atoms with Crippen molar-refractivity contribution in [2.45, 2.75) is 51.7 Å². The van der Waals surface area contributed by atoms with Crippen LogP contribution in [0.15, 0.2) is 0 Å². The highest BCUT2D eigenvalue weighted by Crippen LogP contribution is 2.17. The number of hydrogen-bond acceptors (Lipinski definition) is 4. The maximum atomic E-state index is 11.3. The second-order valence-corrected chi connectivity index (χ2v) is 8.21. The highest BCUT2D eigenvalue weighted by atomic mass is 32.2. The summed E-state index contributed by atoms with van der Waals surface area (Å²) in [5.74, 6) is 1.01. The molecule has 1 aliphatic rings. The molecule has 0 bridgehead atoms. The molecule has 0 radical (unpaired) electrons. The lowest BCUT2D eigenvalue weighted by atomic mass is 9.94. The lowest BCUT2D eigenvalue weighted by Crippen LogP contribution is -2.46. The van der Waals surface area contributed by atoms with E-state index in [9.17, 15) is 13.5 Å². The molecule has 1 fully saturated rings. The molecule has 0 aromatic rings. The largest absolute Gasteiger partial charge is 0.389 e. The first kappa shape index (κ1) is 14.9. The van der Waals surface area contributed by atoms with Gasteiger partial charge in [-0.3, -0.25) is 0 Å². The minimum atomic E-state index is -2.79. The first-order valence-corrected chi connectivity index (χ1v) is 8.18. The van der Waals surface area contributed by atoms with Crippen molar-refractivity contribution in [2.24, 2.45) is 5.92 Å². The monoisotopic (exact) mass is 263 g/mol. The van der Waals surface area contributed by atoms with E-state index in [4.69, 9.17) is 0 Å². The van der Waals surface area contributed by atoms with Crippen LogP contribution in [0, 0.1) is 5.92 Å². The Morgan fingerprint density at radius 3 is 2.35 bits per heavy atom. The lowest BCUT2D eigenvalue weighted by Gasteiger charge is -2.30. The fourth-order valence-corrected chi connectivity index (χ4v) is 3.90. The van der Waals surface area contributed by atoms with E-state index in [1.54, 1.807) is 0 Å². The molecule has 102 valence electrons. The Bertz CT molecular complexity index is 322. The fraction of sp³-hybridized carbons (Fsp3) is 1.00. The van der Waals surface area contributed by atoms with Crippen molar-refractivity contribution in [3.8, 4) is 0 Å². The summed E-state index contributed by atoms with van der Waals surface area (Å²) in [4.78, 5) is 0. The van der Waals surface area contributed by atoms with Crippen LogP contribution in [0.2, 0.25) is 0 Å². The topological polar surface area (TPSA) is 66.4 Å². The first-order valence-electron chi connectivity index (χ1n) is 6.36. The Kier molecular flexibility index (Phi) is 4.98. The molecule has 0 aromatic carbocycles. The molecule has 1 heterocycles. The van der Waals surface area contributed by atoms with Gasteiger partial charge >= 0.3 is 0 Å². The minimum absolute atomic E-state index is 0.233. The fourth-order valence-electron chi connectivity index (χ4n) is 2.41. The van der Waals surface area contributed by atoms with Crippen LogP contribution in [-0.2, 0) is 9.84 Å². The average molecular weight is 263 g/mol. The van der Waals surface area contributed by atoms with E-state index >= 15 is 0 Å². The van der Waals surface area contributed by atoms with Gasteiger partial charge in [0.15, 0.2) is 0 Å². The van der Waals surface area contributed by atoms with E-state index in [0.29, 0.717) is 25.3 Å². The summed E-state index contributed by atoms with van der Waals surface area (Å²) in [5, 5.41) is 13.4. The Balaban J connectivity index is 2.32. The number of sulfone groups is 1. The predicted octanol–water partition coefficient (Wildman–Crippen LogP) is 0.950. The van der Waals surface area contributed by atoms with E-state index < -0.39 is 15.4 Å². The van der Waals surface area contributed by atoms with E-state index in [-0.39, 0.29) is 17.5 Å². The summed E-state index contributed by atoms with van der Waals surface area (Å²) in [6.07, 6.45) is 2.09. The lowest BCUT2D eigenvalue weighted by molar-refractivity contribution is 0.0356. The van der Waals surface area contributed by atoms with Crippen LogP contribution in [0.1, 0.15) is 40.0 Å². The summed E-state index contributed by atoms with van der Waals surface area (Å²) in [5.41, 5.74) is -0.704. The zero-order valence-corrected chi connectivity index (χ0v) is 11.9. The molecule has 1 rings (SSSR count). The van der Waals surface area contributed by atoms with Gasteiger partial charge < -0.3 is 10.4 Å². The van der Waals surface area contributed by atoms with Gasteiger partial charge in [-0.25, -0.2) is 8.42 Å². The molecule has 4 nitrogen and oxygen atoms in total. The van der Waals surface area contributed by atoms with E-state index in [2.05, 4.69) is 19.2 Å². The van der Waals surface area contributed by atoms with Gasteiger partial charge in [0.05, 0.1) is 17.1 Å². The third-order valence-corrected chi connectivity index (χ3v) is 4.89. The molecule has 5 heteroatoms. The smallest absolute Gasteiger partial charge is 0.150 e. The zero-order chi connectivity index (χ0) is 13.1. The number of nitrogens with one attached hydrogen (secondary N) is 1. The summed E-state index contributed by atoms with van der Waals surface area (Å²) < 4.78 is 22.5. The summed E-state index contributed by atoms with van der Waals surface area (Å²) >= 11 is 0. The van der Waals surface area contributed by atoms with Gasteiger partial charge in [-0.05, 0) is 32.1 Å². The molecule has 2 N–H and O–H groups in total. The van der Waals surface area contributed by atoms with Crippen molar-refractivity contribution in [1.29, 1.82) is 0 Å². The van der Waals surface area contributed by atoms with Crippen LogP contribution in [0.5, 0.6) is 0 Å². The molecule has 0 amide bonds. The number of hydrogen-bond donors (Lipinski definition) is 2. The quantitative estimate of drug-likeness (QED) is 0.775. The van der Waals surface area contributed by atoms with E-state index in [1.807, 2.05) is 6.92 Å². The van der Waals surface area contributed by atoms with Gasteiger partial charge in [0.1, 0.15) is 9.84 Å². The van der Waals surface area contributed by atoms with Crippen molar-refractivity contribution in [3.63, 3.8) is 0 Å². The van der Waals surface area contributed by atoms with Crippen molar-refractivity contribution in [2.75, 3.05) is 18.1 Å². The van der Waals surface area contributed by atoms with Crippen LogP contribution in [0.25, 0.3) is 0 Å². The van der Waals surface area contributed by atoms with Crippen molar-refractivity contribution in [1.82, 2.24) is 5.32 Å². The van der Waals surface area contributed by atoms with E-state index in [1.165, 1.54) is 0 Å². The molecular formula is C12H25NO3S. The van der Waals surface area contributed by atoms with Gasteiger partial charge in [0, 0.05) is 12.6 Å². The number of aliphatic hydroxyl groups is 1. The average Bonchev–Trinajstić information content (AvgIpc) is 2.14. The third kappa shape index (κ3) is 5.84. The Hall–Kier alpha value is -0.130. The standard InChI is InChI=1S/C12H25NO3S/c1-10(2)8-12(3,14)9-13-11-4-6-17(15,16)7-5-11/h10-11,13-14H,4-9H2,1-3H3. The van der Waals surface area contributed by atoms with Crippen LogP contribution in [0.3, 0.4) is 0 Å². The van der Waals surface area contributed by atoms with Gasteiger partial charge in [-0.1, -0.05) is 13.8 Å². The highest BCUT2D eigenvalue weighted by molar-refractivity contribution is 7.91. The molecule has 1 aliphatic heterocycles. The molecule has 0 spiro atoms. The molecule has 1 saturated heterocycles.